The maximum Gasteiger partial charge on any atom is 0.410 e. The maximum absolute atomic E-state index is 14.3. The molecule has 1 aromatic carbocycles. The summed E-state index contributed by atoms with van der Waals surface area (Å²) in [4.78, 5) is 68.5. The van der Waals surface area contributed by atoms with Gasteiger partial charge in [-0.2, -0.15) is 0 Å². The molecule has 1 saturated carbocycles. The van der Waals surface area contributed by atoms with Crippen molar-refractivity contribution in [3.05, 3.63) is 47.3 Å². The number of nitrogens with one attached hydrogen (secondary N) is 2. The number of benzene rings is 1. The van der Waals surface area contributed by atoms with Gasteiger partial charge < -0.3 is 30.1 Å². The van der Waals surface area contributed by atoms with Crippen molar-refractivity contribution in [1.82, 2.24) is 20.4 Å². The Morgan fingerprint density at radius 1 is 1.13 bits per heavy atom. The lowest BCUT2D eigenvalue weighted by molar-refractivity contribution is -0.145. The average Bonchev–Trinajstić information content (AvgIpc) is 3.27. The highest BCUT2D eigenvalue weighted by Crippen LogP contribution is 2.45. The number of carbonyl (C=O) groups is 5. The molecular weight excluding hydrogens is 587 g/mol. The van der Waals surface area contributed by atoms with Crippen molar-refractivity contribution >= 4 is 30.0 Å². The van der Waals surface area contributed by atoms with Crippen molar-refractivity contribution < 1.29 is 42.9 Å². The lowest BCUT2D eigenvalue weighted by atomic mass is 10.0. The molecule has 244 valence electrons. The molecule has 45 heavy (non-hydrogen) atoms. The number of carbonyl (C=O) groups excluding carboxylic acids is 4. The first-order valence-corrected chi connectivity index (χ1v) is 15.5. The van der Waals surface area contributed by atoms with E-state index in [1.807, 2.05) is 12.2 Å². The molecule has 3 aliphatic heterocycles. The Labute approximate surface area is 261 Å². The first-order chi connectivity index (χ1) is 21.3. The van der Waals surface area contributed by atoms with Crippen molar-refractivity contribution in [2.24, 2.45) is 5.92 Å². The third-order valence-corrected chi connectivity index (χ3v) is 8.76. The van der Waals surface area contributed by atoms with Gasteiger partial charge in [0.05, 0.1) is 13.1 Å². The van der Waals surface area contributed by atoms with Crippen LogP contribution in [0, 0.1) is 11.7 Å². The van der Waals surface area contributed by atoms with Gasteiger partial charge in [0.1, 0.15) is 35.1 Å². The highest BCUT2D eigenvalue weighted by Gasteiger charge is 2.61. The number of nitrogens with zero attached hydrogens (tertiary/aromatic N) is 2. The highest BCUT2D eigenvalue weighted by molar-refractivity contribution is 5.96. The third-order valence-electron chi connectivity index (χ3n) is 8.76. The van der Waals surface area contributed by atoms with Gasteiger partial charge in [0.25, 0.3) is 0 Å². The van der Waals surface area contributed by atoms with Crippen LogP contribution in [-0.4, -0.2) is 80.7 Å². The molecule has 1 aromatic rings. The molecule has 0 bridgehead atoms. The van der Waals surface area contributed by atoms with Gasteiger partial charge in [-0.15, -0.1) is 0 Å². The van der Waals surface area contributed by atoms with Crippen LogP contribution >= 0.6 is 0 Å². The normalized spacial score (nSPS) is 29.2. The lowest BCUT2D eigenvalue weighted by Gasteiger charge is -2.30. The number of carboxylic acids is 1. The molecule has 0 aromatic heterocycles. The largest absolute Gasteiger partial charge is 0.479 e. The molecule has 0 radical (unpaired) electrons. The summed E-state index contributed by atoms with van der Waals surface area (Å²) in [5.74, 6) is -3.20. The fourth-order valence-corrected chi connectivity index (χ4v) is 6.32. The molecule has 12 nitrogen and oxygen atoms in total. The topological polar surface area (TPSA) is 155 Å². The molecule has 13 heteroatoms. The number of ether oxygens (including phenoxy) is 2. The van der Waals surface area contributed by atoms with Crippen LogP contribution in [0.4, 0.5) is 14.0 Å². The van der Waals surface area contributed by atoms with Crippen LogP contribution in [0.5, 0.6) is 0 Å². The molecule has 4 aliphatic rings. The van der Waals surface area contributed by atoms with Crippen LogP contribution in [0.3, 0.4) is 0 Å². The van der Waals surface area contributed by atoms with Gasteiger partial charge in [0, 0.05) is 24.4 Å². The van der Waals surface area contributed by atoms with Gasteiger partial charge >= 0.3 is 18.2 Å². The number of alkyl carbamates (subject to hydrolysis) is 1. The number of rotatable bonds is 3. The summed E-state index contributed by atoms with van der Waals surface area (Å²) in [5.41, 5.74) is -1.22. The first kappa shape index (κ1) is 32.2. The van der Waals surface area contributed by atoms with Crippen LogP contribution in [0.15, 0.2) is 30.4 Å². The number of allylic oxidation sites excluding steroid dienone is 1. The summed E-state index contributed by atoms with van der Waals surface area (Å²) < 4.78 is 25.4. The fourth-order valence-electron chi connectivity index (χ4n) is 6.32. The van der Waals surface area contributed by atoms with Gasteiger partial charge in [0.2, 0.25) is 11.8 Å². The van der Waals surface area contributed by atoms with Crippen molar-refractivity contribution in [3.63, 3.8) is 0 Å². The van der Waals surface area contributed by atoms with Crippen LogP contribution < -0.4 is 10.6 Å². The zero-order valence-electron chi connectivity index (χ0n) is 25.8. The SMILES string of the molecule is CC(C)(C)OC(=O)N[C@H]1CCCCC/C=C/[C@@H]2C[C@@]2(C(=O)O)NC(=O)[C@@H]2C[C@@H](OC(=O)N3Cc4cccc(F)c4C3)CN2C1=O. The van der Waals surface area contributed by atoms with Gasteiger partial charge in [-0.25, -0.2) is 18.8 Å². The Bertz CT molecular complexity index is 1390. The standard InChI is InChI=1S/C32H41FN4O8/c1-31(2,3)45-29(42)34-24-13-8-6-4-5-7-11-20-15-32(20,28(40)41)35-26(38)25-14-21(17-37(25)27(24)39)44-30(43)36-16-19-10-9-12-23(33)22(19)18-36/h7,9-12,20-21,24-25H,4-6,8,13-18H2,1-3H3,(H,34,42)(H,35,38)(H,40,41)/b11-7+/t20-,21-,24+,25+,32-/m1/s1. The number of hydrogen-bond acceptors (Lipinski definition) is 7. The molecule has 4 amide bonds. The van der Waals surface area contributed by atoms with E-state index in [1.54, 1.807) is 32.9 Å². The number of halogens is 1. The van der Waals surface area contributed by atoms with Crippen LogP contribution in [0.2, 0.25) is 0 Å². The van der Waals surface area contributed by atoms with Crippen LogP contribution in [0.25, 0.3) is 0 Å². The van der Waals surface area contributed by atoms with E-state index in [0.29, 0.717) is 17.5 Å². The Hall–Kier alpha value is -4.16. The second kappa shape index (κ2) is 12.7. The number of fused-ring (bicyclic) bond motifs is 3. The third kappa shape index (κ3) is 7.23. The predicted octanol–water partition coefficient (Wildman–Crippen LogP) is 3.62. The van der Waals surface area contributed by atoms with Gasteiger partial charge in [-0.3, -0.25) is 14.5 Å². The number of aliphatic carboxylic acids is 1. The minimum Gasteiger partial charge on any atom is -0.479 e. The van der Waals surface area contributed by atoms with Crippen LogP contribution in [0.1, 0.15) is 76.8 Å². The molecule has 1 aliphatic carbocycles. The van der Waals surface area contributed by atoms with E-state index in [1.165, 1.54) is 15.9 Å². The molecule has 3 N–H and O–H groups in total. The Kier molecular flexibility index (Phi) is 9.09. The predicted molar refractivity (Wildman–Crippen MR) is 158 cm³/mol. The highest BCUT2D eigenvalue weighted by atomic mass is 19.1. The number of carboxylic acid groups (broad SMARTS) is 1. The smallest absolute Gasteiger partial charge is 0.410 e. The fraction of sp³-hybridized carbons (Fsp3) is 0.594. The molecule has 3 heterocycles. The maximum atomic E-state index is 14.3. The van der Waals surface area contributed by atoms with E-state index >= 15 is 0 Å². The van der Waals surface area contributed by atoms with Crippen LogP contribution in [-0.2, 0) is 36.9 Å². The minimum absolute atomic E-state index is 0.0258. The number of hydrogen-bond donors (Lipinski definition) is 3. The zero-order valence-corrected chi connectivity index (χ0v) is 25.8. The molecular formula is C32H41FN4O8. The van der Waals surface area contributed by atoms with Crippen molar-refractivity contribution in [1.29, 1.82) is 0 Å². The Morgan fingerprint density at radius 3 is 2.62 bits per heavy atom. The van der Waals surface area contributed by atoms with E-state index in [0.717, 1.165) is 19.3 Å². The molecule has 5 atom stereocenters. The molecule has 5 rings (SSSR count). The molecule has 0 unspecified atom stereocenters. The summed E-state index contributed by atoms with van der Waals surface area (Å²) in [6.45, 7) is 5.15. The monoisotopic (exact) mass is 628 g/mol. The van der Waals surface area contributed by atoms with Crippen molar-refractivity contribution in [3.8, 4) is 0 Å². The Balaban J connectivity index is 1.37. The second-order valence-corrected chi connectivity index (χ2v) is 13.3. The number of amides is 4. The summed E-state index contributed by atoms with van der Waals surface area (Å²) >= 11 is 0. The van der Waals surface area contributed by atoms with E-state index in [4.69, 9.17) is 9.47 Å². The van der Waals surface area contributed by atoms with E-state index in [9.17, 15) is 33.5 Å². The van der Waals surface area contributed by atoms with E-state index in [-0.39, 0.29) is 44.8 Å². The summed E-state index contributed by atoms with van der Waals surface area (Å²) in [6.07, 6.45) is 4.66. The van der Waals surface area contributed by atoms with Gasteiger partial charge in [0.15, 0.2) is 0 Å². The summed E-state index contributed by atoms with van der Waals surface area (Å²) in [6, 6.07) is 2.45. The summed E-state index contributed by atoms with van der Waals surface area (Å²) in [5, 5.41) is 15.4. The van der Waals surface area contributed by atoms with Crippen molar-refractivity contribution in [2.75, 3.05) is 6.54 Å². The quantitative estimate of drug-likeness (QED) is 0.429. The minimum atomic E-state index is -1.49. The van der Waals surface area contributed by atoms with Gasteiger partial charge in [-0.05, 0) is 58.1 Å². The average molecular weight is 629 g/mol. The Morgan fingerprint density at radius 2 is 1.91 bits per heavy atom. The lowest BCUT2D eigenvalue weighted by Crippen LogP contribution is -2.56. The second-order valence-electron chi connectivity index (χ2n) is 13.3. The van der Waals surface area contributed by atoms with Gasteiger partial charge in [-0.1, -0.05) is 37.1 Å². The van der Waals surface area contributed by atoms with E-state index < -0.39 is 65.1 Å². The van der Waals surface area contributed by atoms with Crippen molar-refractivity contribution in [2.45, 2.75) is 108 Å². The zero-order chi connectivity index (χ0) is 32.5. The summed E-state index contributed by atoms with van der Waals surface area (Å²) in [7, 11) is 0. The first-order valence-electron chi connectivity index (χ1n) is 15.5. The molecule has 0 spiro atoms. The van der Waals surface area contributed by atoms with E-state index in [2.05, 4.69) is 10.6 Å². The molecule has 1 saturated heterocycles. The molecule has 2 fully saturated rings.